The summed E-state index contributed by atoms with van der Waals surface area (Å²) in [7, 11) is 2.33. The normalized spacial score (nSPS) is 36.1. The first kappa shape index (κ1) is 14.4. The standard InChI is InChI=1S/C13H21NO.CH3F/c1-4-10(5-2)13-7-12(15-3)6-11(13)8-14-9-13;1-2/h4-5,11-12,14H,1,6-9H2,2-3H3;1H3/b10-5+;/t11-,12?,13+;/m1./s1. The van der Waals surface area contributed by atoms with E-state index >= 15 is 0 Å². The van der Waals surface area contributed by atoms with Gasteiger partial charge in [0.15, 0.2) is 0 Å². The van der Waals surface area contributed by atoms with Crippen molar-refractivity contribution in [2.75, 3.05) is 27.4 Å². The molecule has 1 heterocycles. The predicted molar refractivity (Wildman–Crippen MR) is 69.8 cm³/mol. The molecule has 1 N–H and O–H groups in total. The van der Waals surface area contributed by atoms with Crippen molar-refractivity contribution in [1.82, 2.24) is 5.32 Å². The largest absolute Gasteiger partial charge is 0.381 e. The molecule has 98 valence electrons. The van der Waals surface area contributed by atoms with Crippen molar-refractivity contribution in [3.8, 4) is 0 Å². The minimum atomic E-state index is 0.303. The van der Waals surface area contributed by atoms with Crippen LogP contribution in [0.5, 0.6) is 0 Å². The second-order valence-electron chi connectivity index (χ2n) is 4.73. The van der Waals surface area contributed by atoms with Gasteiger partial charge in [-0.25, -0.2) is 0 Å². The summed E-state index contributed by atoms with van der Waals surface area (Å²) in [6, 6.07) is 0. The Hall–Kier alpha value is -0.670. The molecule has 0 amide bonds. The van der Waals surface area contributed by atoms with Crippen LogP contribution in [0.25, 0.3) is 0 Å². The third-order valence-electron chi connectivity index (χ3n) is 4.19. The van der Waals surface area contributed by atoms with Crippen LogP contribution in [0.2, 0.25) is 0 Å². The molecule has 1 saturated heterocycles. The summed E-state index contributed by atoms with van der Waals surface area (Å²) in [5, 5.41) is 3.51. The topological polar surface area (TPSA) is 21.3 Å². The van der Waals surface area contributed by atoms with Gasteiger partial charge in [-0.3, -0.25) is 4.39 Å². The first-order chi connectivity index (χ1) is 8.26. The van der Waals surface area contributed by atoms with Crippen molar-refractivity contribution in [2.45, 2.75) is 25.9 Å². The highest BCUT2D eigenvalue weighted by atomic mass is 19.1. The van der Waals surface area contributed by atoms with Crippen molar-refractivity contribution in [3.05, 3.63) is 24.3 Å². The molecule has 1 aliphatic heterocycles. The van der Waals surface area contributed by atoms with E-state index in [1.807, 2.05) is 13.2 Å². The van der Waals surface area contributed by atoms with Gasteiger partial charge in [0.1, 0.15) is 0 Å². The summed E-state index contributed by atoms with van der Waals surface area (Å²) < 4.78 is 15.0. The fourth-order valence-electron chi connectivity index (χ4n) is 3.41. The van der Waals surface area contributed by atoms with E-state index in [-0.39, 0.29) is 0 Å². The molecule has 1 aliphatic carbocycles. The molecule has 0 radical (unpaired) electrons. The highest BCUT2D eigenvalue weighted by Gasteiger charge is 2.51. The Kier molecular flexibility index (Phi) is 5.34. The van der Waals surface area contributed by atoms with Gasteiger partial charge in [0.2, 0.25) is 0 Å². The van der Waals surface area contributed by atoms with Gasteiger partial charge in [-0.2, -0.15) is 0 Å². The Balaban J connectivity index is 0.000000686. The first-order valence-corrected chi connectivity index (χ1v) is 6.17. The Labute approximate surface area is 104 Å². The third-order valence-corrected chi connectivity index (χ3v) is 4.19. The number of halogens is 1. The number of rotatable bonds is 3. The lowest BCUT2D eigenvalue weighted by Gasteiger charge is -2.30. The molecule has 3 atom stereocenters. The molecule has 0 aromatic heterocycles. The van der Waals surface area contributed by atoms with Gasteiger partial charge in [0, 0.05) is 19.1 Å². The van der Waals surface area contributed by atoms with E-state index in [9.17, 15) is 4.39 Å². The minimum Gasteiger partial charge on any atom is -0.381 e. The molecule has 0 bridgehead atoms. The number of allylic oxidation sites excluding steroid dienone is 2. The number of methoxy groups -OCH3 is 1. The van der Waals surface area contributed by atoms with Crippen molar-refractivity contribution in [3.63, 3.8) is 0 Å². The molecule has 0 spiro atoms. The van der Waals surface area contributed by atoms with Crippen LogP contribution in [0.1, 0.15) is 19.8 Å². The number of hydrogen-bond acceptors (Lipinski definition) is 2. The zero-order valence-corrected chi connectivity index (χ0v) is 11.1. The summed E-state index contributed by atoms with van der Waals surface area (Å²) in [5.74, 6) is 0.728. The second-order valence-corrected chi connectivity index (χ2v) is 4.73. The first-order valence-electron chi connectivity index (χ1n) is 6.17. The number of nitrogens with one attached hydrogen (secondary N) is 1. The number of fused-ring (bicyclic) bond motifs is 1. The van der Waals surface area contributed by atoms with Gasteiger partial charge in [-0.15, -0.1) is 0 Å². The molecule has 17 heavy (non-hydrogen) atoms. The van der Waals surface area contributed by atoms with Crippen molar-refractivity contribution in [2.24, 2.45) is 11.3 Å². The van der Waals surface area contributed by atoms with Crippen LogP contribution in [0.4, 0.5) is 4.39 Å². The highest BCUT2D eigenvalue weighted by Crippen LogP contribution is 2.51. The molecule has 0 aromatic carbocycles. The summed E-state index contributed by atoms with van der Waals surface area (Å²) in [5.41, 5.74) is 1.70. The van der Waals surface area contributed by atoms with E-state index in [1.54, 1.807) is 0 Å². The van der Waals surface area contributed by atoms with E-state index in [0.717, 1.165) is 25.4 Å². The van der Waals surface area contributed by atoms with Gasteiger partial charge in [-0.1, -0.05) is 18.7 Å². The summed E-state index contributed by atoms with van der Waals surface area (Å²) >= 11 is 0. The maximum Gasteiger partial charge on any atom is 0.0785 e. The number of ether oxygens (including phenoxy) is 1. The minimum absolute atomic E-state index is 0.303. The van der Waals surface area contributed by atoms with Crippen molar-refractivity contribution < 1.29 is 9.13 Å². The fourth-order valence-corrected chi connectivity index (χ4v) is 3.41. The van der Waals surface area contributed by atoms with Crippen LogP contribution in [-0.2, 0) is 4.74 Å². The van der Waals surface area contributed by atoms with Crippen LogP contribution >= 0.6 is 0 Å². The second kappa shape index (κ2) is 6.31. The lowest BCUT2D eigenvalue weighted by Crippen LogP contribution is -2.28. The maximum atomic E-state index is 9.50. The summed E-state index contributed by atoms with van der Waals surface area (Å²) in [6.45, 7) is 8.27. The van der Waals surface area contributed by atoms with Gasteiger partial charge in [0.25, 0.3) is 0 Å². The number of alkyl halides is 1. The Morgan fingerprint density at radius 1 is 1.53 bits per heavy atom. The molecule has 3 heteroatoms. The van der Waals surface area contributed by atoms with Gasteiger partial charge in [0.05, 0.1) is 13.3 Å². The Morgan fingerprint density at radius 3 is 2.76 bits per heavy atom. The molecule has 1 saturated carbocycles. The fraction of sp³-hybridized carbons (Fsp3) is 0.714. The quantitative estimate of drug-likeness (QED) is 0.767. The zero-order chi connectivity index (χ0) is 12.9. The SMILES string of the molecule is C=C/C(=C\C)[C@]12CNC[C@H]1CC(OC)C2.CF. The van der Waals surface area contributed by atoms with Crippen LogP contribution < -0.4 is 5.32 Å². The van der Waals surface area contributed by atoms with Crippen LogP contribution in [0.15, 0.2) is 24.3 Å². The van der Waals surface area contributed by atoms with Gasteiger partial charge in [-0.05, 0) is 37.8 Å². The van der Waals surface area contributed by atoms with Gasteiger partial charge >= 0.3 is 0 Å². The predicted octanol–water partition coefficient (Wildman–Crippen LogP) is 2.72. The van der Waals surface area contributed by atoms with Crippen molar-refractivity contribution in [1.29, 1.82) is 0 Å². The van der Waals surface area contributed by atoms with Crippen LogP contribution in [0, 0.1) is 11.3 Å². The average molecular weight is 241 g/mol. The Morgan fingerprint density at radius 2 is 2.24 bits per heavy atom. The molecule has 2 fully saturated rings. The van der Waals surface area contributed by atoms with E-state index < -0.39 is 0 Å². The monoisotopic (exact) mass is 241 g/mol. The van der Waals surface area contributed by atoms with E-state index in [0.29, 0.717) is 18.7 Å². The van der Waals surface area contributed by atoms with E-state index in [2.05, 4.69) is 24.9 Å². The average Bonchev–Trinajstić information content (AvgIpc) is 2.90. The van der Waals surface area contributed by atoms with Crippen molar-refractivity contribution >= 4 is 0 Å². The smallest absolute Gasteiger partial charge is 0.0785 e. The maximum absolute atomic E-state index is 9.50. The molecule has 0 aromatic rings. The third kappa shape index (κ3) is 2.45. The lowest BCUT2D eigenvalue weighted by atomic mass is 9.74. The lowest BCUT2D eigenvalue weighted by molar-refractivity contribution is 0.0981. The number of hydrogen-bond donors (Lipinski definition) is 1. The van der Waals surface area contributed by atoms with E-state index in [1.165, 1.54) is 12.0 Å². The molecule has 1 unspecified atom stereocenters. The molecule has 2 nitrogen and oxygen atoms in total. The molecule has 2 rings (SSSR count). The van der Waals surface area contributed by atoms with E-state index in [4.69, 9.17) is 4.74 Å². The molecular formula is C14H24FNO. The summed E-state index contributed by atoms with van der Waals surface area (Å²) in [6.07, 6.45) is 7.01. The Bertz CT molecular complexity index is 290. The van der Waals surface area contributed by atoms with Gasteiger partial charge < -0.3 is 10.1 Å². The van der Waals surface area contributed by atoms with Crippen LogP contribution in [0.3, 0.4) is 0 Å². The molecular weight excluding hydrogens is 217 g/mol. The summed E-state index contributed by atoms with van der Waals surface area (Å²) in [4.78, 5) is 0. The molecule has 2 aliphatic rings. The van der Waals surface area contributed by atoms with Crippen LogP contribution in [-0.4, -0.2) is 33.5 Å². The zero-order valence-electron chi connectivity index (χ0n) is 11.1. The highest BCUT2D eigenvalue weighted by molar-refractivity contribution is 5.30.